The van der Waals surface area contributed by atoms with Gasteiger partial charge in [0.1, 0.15) is 5.75 Å². The van der Waals surface area contributed by atoms with Crippen molar-refractivity contribution in [1.82, 2.24) is 10.6 Å². The van der Waals surface area contributed by atoms with Gasteiger partial charge in [-0.05, 0) is 36.6 Å². The topological polar surface area (TPSA) is 33.3 Å². The van der Waals surface area contributed by atoms with Crippen LogP contribution in [0.5, 0.6) is 5.75 Å². The number of benzene rings is 3. The largest absolute Gasteiger partial charge is 0.496 e. The quantitative estimate of drug-likeness (QED) is 0.669. The van der Waals surface area contributed by atoms with Gasteiger partial charge >= 0.3 is 0 Å². The van der Waals surface area contributed by atoms with Gasteiger partial charge in [0.05, 0.1) is 12.6 Å². The number of para-hydroxylation sites is 1. The SMILES string of the molecule is COc1ccccc1CNC1CCCNC1(c1ccccc1)c1ccccc1. The number of ether oxygens (including phenoxy) is 1. The Morgan fingerprint density at radius 3 is 2.14 bits per heavy atom. The van der Waals surface area contributed by atoms with Gasteiger partial charge in [0.25, 0.3) is 0 Å². The molecule has 1 aliphatic heterocycles. The molecule has 0 spiro atoms. The van der Waals surface area contributed by atoms with E-state index in [9.17, 15) is 0 Å². The van der Waals surface area contributed by atoms with E-state index in [2.05, 4.69) is 83.4 Å². The highest BCUT2D eigenvalue weighted by molar-refractivity contribution is 5.42. The van der Waals surface area contributed by atoms with Crippen LogP contribution in [0.2, 0.25) is 0 Å². The zero-order chi connectivity index (χ0) is 19.2. The Labute approximate surface area is 167 Å². The summed E-state index contributed by atoms with van der Waals surface area (Å²) in [5, 5.41) is 7.74. The molecule has 0 aromatic heterocycles. The van der Waals surface area contributed by atoms with Crippen molar-refractivity contribution >= 4 is 0 Å². The molecule has 1 fully saturated rings. The summed E-state index contributed by atoms with van der Waals surface area (Å²) in [6.07, 6.45) is 2.27. The van der Waals surface area contributed by atoms with E-state index in [-0.39, 0.29) is 11.6 Å². The first-order valence-corrected chi connectivity index (χ1v) is 10.1. The fourth-order valence-electron chi connectivity index (χ4n) is 4.44. The van der Waals surface area contributed by atoms with Crippen molar-refractivity contribution in [3.63, 3.8) is 0 Å². The van der Waals surface area contributed by atoms with Crippen LogP contribution in [0, 0.1) is 0 Å². The summed E-state index contributed by atoms with van der Waals surface area (Å²) in [4.78, 5) is 0. The van der Waals surface area contributed by atoms with E-state index in [0.717, 1.165) is 31.7 Å². The summed E-state index contributed by atoms with van der Waals surface area (Å²) in [6, 6.07) is 30.2. The van der Waals surface area contributed by atoms with Gasteiger partial charge in [0, 0.05) is 18.2 Å². The Balaban J connectivity index is 1.71. The number of rotatable bonds is 6. The molecule has 0 bridgehead atoms. The highest BCUT2D eigenvalue weighted by Crippen LogP contribution is 2.37. The van der Waals surface area contributed by atoms with Gasteiger partial charge in [0.15, 0.2) is 0 Å². The van der Waals surface area contributed by atoms with Crippen LogP contribution < -0.4 is 15.4 Å². The minimum atomic E-state index is -0.247. The Bertz CT molecular complexity index is 840. The smallest absolute Gasteiger partial charge is 0.123 e. The second kappa shape index (κ2) is 8.59. The van der Waals surface area contributed by atoms with Crippen molar-refractivity contribution in [2.75, 3.05) is 13.7 Å². The molecule has 0 saturated carbocycles. The van der Waals surface area contributed by atoms with Gasteiger partial charge in [-0.3, -0.25) is 0 Å². The Morgan fingerprint density at radius 2 is 1.50 bits per heavy atom. The van der Waals surface area contributed by atoms with Gasteiger partial charge in [-0.25, -0.2) is 0 Å². The molecule has 1 aliphatic rings. The average Bonchev–Trinajstić information content (AvgIpc) is 2.79. The zero-order valence-electron chi connectivity index (χ0n) is 16.4. The Morgan fingerprint density at radius 1 is 0.893 bits per heavy atom. The van der Waals surface area contributed by atoms with E-state index in [1.807, 2.05) is 12.1 Å². The van der Waals surface area contributed by atoms with Crippen LogP contribution in [0.25, 0.3) is 0 Å². The molecule has 1 heterocycles. The fourth-order valence-corrected chi connectivity index (χ4v) is 4.44. The van der Waals surface area contributed by atoms with Crippen LogP contribution >= 0.6 is 0 Å². The number of hydrogen-bond donors (Lipinski definition) is 2. The van der Waals surface area contributed by atoms with Crippen LogP contribution in [0.15, 0.2) is 84.9 Å². The highest BCUT2D eigenvalue weighted by atomic mass is 16.5. The minimum Gasteiger partial charge on any atom is -0.496 e. The van der Waals surface area contributed by atoms with Crippen LogP contribution in [-0.2, 0) is 12.1 Å². The van der Waals surface area contributed by atoms with E-state index in [1.165, 1.54) is 16.7 Å². The summed E-state index contributed by atoms with van der Waals surface area (Å²) >= 11 is 0. The second-order valence-corrected chi connectivity index (χ2v) is 7.35. The number of nitrogens with one attached hydrogen (secondary N) is 2. The van der Waals surface area contributed by atoms with Crippen molar-refractivity contribution in [3.05, 3.63) is 102 Å². The molecule has 0 aliphatic carbocycles. The lowest BCUT2D eigenvalue weighted by atomic mass is 9.73. The standard InChI is InChI=1S/C25H28N2O/c1-28-23-16-9-8-11-20(23)19-26-24-17-10-18-27-25(24,21-12-4-2-5-13-21)22-14-6-3-7-15-22/h2-9,11-16,24,26-27H,10,17-19H2,1H3. The zero-order valence-corrected chi connectivity index (χ0v) is 16.4. The lowest BCUT2D eigenvalue weighted by Gasteiger charge is -2.46. The predicted octanol–water partition coefficient (Wildman–Crippen LogP) is 4.48. The molecule has 0 amide bonds. The van der Waals surface area contributed by atoms with Crippen molar-refractivity contribution < 1.29 is 4.74 Å². The molecule has 4 rings (SSSR count). The maximum atomic E-state index is 5.55. The summed E-state index contributed by atoms with van der Waals surface area (Å²) in [5.74, 6) is 0.934. The summed E-state index contributed by atoms with van der Waals surface area (Å²) in [5.41, 5.74) is 3.55. The maximum absolute atomic E-state index is 5.55. The molecule has 0 radical (unpaired) electrons. The van der Waals surface area contributed by atoms with E-state index < -0.39 is 0 Å². The molecule has 3 aromatic rings. The molecule has 144 valence electrons. The van der Waals surface area contributed by atoms with E-state index in [4.69, 9.17) is 4.74 Å². The molecule has 2 N–H and O–H groups in total. The molecule has 1 atom stereocenters. The number of piperidine rings is 1. The van der Waals surface area contributed by atoms with Crippen LogP contribution in [0.3, 0.4) is 0 Å². The predicted molar refractivity (Wildman–Crippen MR) is 115 cm³/mol. The molecular weight excluding hydrogens is 344 g/mol. The second-order valence-electron chi connectivity index (χ2n) is 7.35. The van der Waals surface area contributed by atoms with Crippen molar-refractivity contribution in [2.45, 2.75) is 31.0 Å². The molecule has 28 heavy (non-hydrogen) atoms. The van der Waals surface area contributed by atoms with Crippen molar-refractivity contribution in [3.8, 4) is 5.75 Å². The average molecular weight is 373 g/mol. The van der Waals surface area contributed by atoms with Crippen molar-refractivity contribution in [1.29, 1.82) is 0 Å². The molecule has 1 unspecified atom stereocenters. The maximum Gasteiger partial charge on any atom is 0.123 e. The Kier molecular flexibility index (Phi) is 5.75. The highest BCUT2D eigenvalue weighted by Gasteiger charge is 2.43. The number of methoxy groups -OCH3 is 1. The first-order chi connectivity index (χ1) is 13.8. The van der Waals surface area contributed by atoms with E-state index >= 15 is 0 Å². The number of hydrogen-bond acceptors (Lipinski definition) is 3. The van der Waals surface area contributed by atoms with Crippen molar-refractivity contribution in [2.24, 2.45) is 0 Å². The van der Waals surface area contributed by atoms with Gasteiger partial charge in [0.2, 0.25) is 0 Å². The molecular formula is C25H28N2O. The fraction of sp³-hybridized carbons (Fsp3) is 0.280. The van der Waals surface area contributed by atoms with E-state index in [0.29, 0.717) is 0 Å². The minimum absolute atomic E-state index is 0.247. The van der Waals surface area contributed by atoms with Gasteiger partial charge < -0.3 is 15.4 Å². The third kappa shape index (κ3) is 3.56. The monoisotopic (exact) mass is 372 g/mol. The third-order valence-corrected chi connectivity index (χ3v) is 5.79. The molecule has 3 nitrogen and oxygen atoms in total. The van der Waals surface area contributed by atoms with Gasteiger partial charge in [-0.2, -0.15) is 0 Å². The molecule has 3 heteroatoms. The summed E-state index contributed by atoms with van der Waals surface area (Å²) < 4.78 is 5.55. The lowest BCUT2D eigenvalue weighted by molar-refractivity contribution is 0.223. The van der Waals surface area contributed by atoms with Crippen LogP contribution in [0.4, 0.5) is 0 Å². The summed E-state index contributed by atoms with van der Waals surface area (Å²) in [7, 11) is 1.74. The lowest BCUT2D eigenvalue weighted by Crippen LogP contribution is -2.60. The molecule has 3 aromatic carbocycles. The first kappa shape index (κ1) is 18.7. The third-order valence-electron chi connectivity index (χ3n) is 5.79. The van der Waals surface area contributed by atoms with E-state index in [1.54, 1.807) is 7.11 Å². The summed E-state index contributed by atoms with van der Waals surface area (Å²) in [6.45, 7) is 1.79. The van der Waals surface area contributed by atoms with Crippen LogP contribution in [0.1, 0.15) is 29.5 Å². The van der Waals surface area contributed by atoms with Gasteiger partial charge in [-0.1, -0.05) is 78.9 Å². The van der Waals surface area contributed by atoms with Gasteiger partial charge in [-0.15, -0.1) is 0 Å². The Hall–Kier alpha value is -2.62. The molecule has 1 saturated heterocycles. The normalized spacial score (nSPS) is 18.5. The first-order valence-electron chi connectivity index (χ1n) is 10.1. The van der Waals surface area contributed by atoms with Crippen LogP contribution in [-0.4, -0.2) is 19.7 Å².